The fraction of sp³-hybridized carbons (Fsp3) is 0.611. The number of nitrogens with zero attached hydrogens (tertiary/aromatic N) is 2. The highest BCUT2D eigenvalue weighted by Crippen LogP contribution is 2.33. The van der Waals surface area contributed by atoms with Crippen LogP contribution in [0.5, 0.6) is 11.5 Å². The molecule has 23 heavy (non-hydrogen) atoms. The average Bonchev–Trinajstić information content (AvgIpc) is 2.53. The van der Waals surface area contributed by atoms with Gasteiger partial charge in [0.2, 0.25) is 5.91 Å². The molecule has 0 aliphatic carbocycles. The van der Waals surface area contributed by atoms with Gasteiger partial charge in [0.05, 0.1) is 20.3 Å². The third-order valence-electron chi connectivity index (χ3n) is 4.38. The molecule has 1 saturated heterocycles. The lowest BCUT2D eigenvalue weighted by atomic mass is 10.0. The van der Waals surface area contributed by atoms with E-state index in [-0.39, 0.29) is 11.9 Å². The van der Waals surface area contributed by atoms with E-state index < -0.39 is 0 Å². The molecular weight excluding hydrogens is 292 g/mol. The summed E-state index contributed by atoms with van der Waals surface area (Å²) < 4.78 is 10.7. The van der Waals surface area contributed by atoms with Crippen LogP contribution in [0.4, 0.5) is 0 Å². The van der Waals surface area contributed by atoms with Crippen molar-refractivity contribution in [1.29, 1.82) is 0 Å². The molecule has 0 bridgehead atoms. The first-order valence-electron chi connectivity index (χ1n) is 8.16. The number of amides is 1. The van der Waals surface area contributed by atoms with Crippen molar-refractivity contribution in [3.8, 4) is 11.5 Å². The van der Waals surface area contributed by atoms with Crippen molar-refractivity contribution in [1.82, 2.24) is 9.80 Å². The third-order valence-corrected chi connectivity index (χ3v) is 4.38. The summed E-state index contributed by atoms with van der Waals surface area (Å²) in [5.74, 6) is 2.09. The first kappa shape index (κ1) is 17.6. The van der Waals surface area contributed by atoms with Gasteiger partial charge in [-0.05, 0) is 30.7 Å². The van der Waals surface area contributed by atoms with Crippen LogP contribution in [0, 0.1) is 5.92 Å². The van der Waals surface area contributed by atoms with Crippen molar-refractivity contribution < 1.29 is 14.3 Å². The largest absolute Gasteiger partial charge is 0.493 e. The Morgan fingerprint density at radius 3 is 2.52 bits per heavy atom. The molecule has 1 aromatic carbocycles. The monoisotopic (exact) mass is 320 g/mol. The molecule has 1 fully saturated rings. The Labute approximate surface area is 139 Å². The number of hydrogen-bond donors (Lipinski definition) is 0. The van der Waals surface area contributed by atoms with Gasteiger partial charge in [-0.15, -0.1) is 0 Å². The SMILES string of the molecule is COc1ccc(C2CN(C(=O)CC(C)C)CCN2C)cc1OC. The zero-order valence-electron chi connectivity index (χ0n) is 14.8. The van der Waals surface area contributed by atoms with Crippen LogP contribution in [0.2, 0.25) is 0 Å². The lowest BCUT2D eigenvalue weighted by molar-refractivity contribution is -0.134. The number of methoxy groups -OCH3 is 2. The highest BCUT2D eigenvalue weighted by molar-refractivity contribution is 5.76. The molecule has 2 rings (SSSR count). The molecule has 0 spiro atoms. The minimum atomic E-state index is 0.180. The van der Waals surface area contributed by atoms with E-state index in [9.17, 15) is 4.79 Å². The molecule has 1 unspecified atom stereocenters. The molecule has 0 N–H and O–H groups in total. The van der Waals surface area contributed by atoms with Gasteiger partial charge in [-0.25, -0.2) is 0 Å². The lowest BCUT2D eigenvalue weighted by Gasteiger charge is -2.40. The number of piperazine rings is 1. The molecule has 5 nitrogen and oxygen atoms in total. The molecule has 5 heteroatoms. The second-order valence-corrected chi connectivity index (χ2v) is 6.55. The first-order valence-corrected chi connectivity index (χ1v) is 8.16. The van der Waals surface area contributed by atoms with E-state index in [0.29, 0.717) is 12.3 Å². The summed E-state index contributed by atoms with van der Waals surface area (Å²) in [6, 6.07) is 6.17. The molecule has 1 aromatic rings. The minimum absolute atomic E-state index is 0.180. The Morgan fingerprint density at radius 1 is 1.22 bits per heavy atom. The van der Waals surface area contributed by atoms with Crippen molar-refractivity contribution in [3.05, 3.63) is 23.8 Å². The van der Waals surface area contributed by atoms with E-state index in [4.69, 9.17) is 9.47 Å². The van der Waals surface area contributed by atoms with Gasteiger partial charge in [0.15, 0.2) is 11.5 Å². The van der Waals surface area contributed by atoms with Gasteiger partial charge in [0.25, 0.3) is 0 Å². The van der Waals surface area contributed by atoms with E-state index in [0.717, 1.165) is 36.7 Å². The van der Waals surface area contributed by atoms with Crippen molar-refractivity contribution in [3.63, 3.8) is 0 Å². The number of benzene rings is 1. The number of rotatable bonds is 5. The third kappa shape index (κ3) is 4.16. The van der Waals surface area contributed by atoms with E-state index in [1.807, 2.05) is 17.0 Å². The zero-order valence-corrected chi connectivity index (χ0v) is 14.8. The summed E-state index contributed by atoms with van der Waals surface area (Å²) in [4.78, 5) is 16.7. The smallest absolute Gasteiger partial charge is 0.222 e. The van der Waals surface area contributed by atoms with E-state index in [2.05, 4.69) is 31.9 Å². The van der Waals surface area contributed by atoms with E-state index in [1.165, 1.54) is 0 Å². The molecule has 1 atom stereocenters. The molecule has 128 valence electrons. The highest BCUT2D eigenvalue weighted by atomic mass is 16.5. The molecule has 0 radical (unpaired) electrons. The zero-order chi connectivity index (χ0) is 17.0. The lowest BCUT2D eigenvalue weighted by Crippen LogP contribution is -2.49. The number of likely N-dealkylation sites (N-methyl/N-ethyl adjacent to an activating group) is 1. The topological polar surface area (TPSA) is 42.0 Å². The van der Waals surface area contributed by atoms with Gasteiger partial charge in [-0.2, -0.15) is 0 Å². The van der Waals surface area contributed by atoms with Gasteiger partial charge < -0.3 is 14.4 Å². The molecule has 0 aromatic heterocycles. The first-order chi connectivity index (χ1) is 11.0. The number of hydrogen-bond acceptors (Lipinski definition) is 4. The maximum atomic E-state index is 12.4. The normalized spacial score (nSPS) is 19.0. The Kier molecular flexibility index (Phi) is 5.88. The Hall–Kier alpha value is -1.75. The van der Waals surface area contributed by atoms with Gasteiger partial charge in [-0.1, -0.05) is 19.9 Å². The van der Waals surface area contributed by atoms with Gasteiger partial charge in [0.1, 0.15) is 0 Å². The molecule has 1 amide bonds. The van der Waals surface area contributed by atoms with Gasteiger partial charge in [-0.3, -0.25) is 9.69 Å². The molecule has 1 aliphatic heterocycles. The maximum absolute atomic E-state index is 12.4. The average molecular weight is 320 g/mol. The number of carbonyl (C=O) groups excluding carboxylic acids is 1. The van der Waals surface area contributed by atoms with Crippen LogP contribution in [0.1, 0.15) is 31.9 Å². The predicted molar refractivity (Wildman–Crippen MR) is 91.0 cm³/mol. The molecule has 1 heterocycles. The Morgan fingerprint density at radius 2 is 1.91 bits per heavy atom. The van der Waals surface area contributed by atoms with Crippen molar-refractivity contribution in [2.45, 2.75) is 26.3 Å². The van der Waals surface area contributed by atoms with Crippen molar-refractivity contribution in [2.75, 3.05) is 40.9 Å². The molecular formula is C18H28N2O3. The highest BCUT2D eigenvalue weighted by Gasteiger charge is 2.29. The fourth-order valence-corrected chi connectivity index (χ4v) is 3.00. The summed E-state index contributed by atoms with van der Waals surface area (Å²) in [5.41, 5.74) is 1.15. The summed E-state index contributed by atoms with van der Waals surface area (Å²) in [6.45, 7) is 6.56. The molecule has 0 saturated carbocycles. The minimum Gasteiger partial charge on any atom is -0.493 e. The standard InChI is InChI=1S/C18H28N2O3/c1-13(2)10-18(21)20-9-8-19(3)15(12-20)14-6-7-16(22-4)17(11-14)23-5/h6-7,11,13,15H,8-10,12H2,1-5H3. The van der Waals surface area contributed by atoms with Crippen LogP contribution < -0.4 is 9.47 Å². The van der Waals surface area contributed by atoms with Crippen LogP contribution >= 0.6 is 0 Å². The van der Waals surface area contributed by atoms with Gasteiger partial charge >= 0.3 is 0 Å². The summed E-state index contributed by atoms with van der Waals surface area (Å²) in [6.07, 6.45) is 0.613. The maximum Gasteiger partial charge on any atom is 0.222 e. The molecule has 1 aliphatic rings. The number of carbonyl (C=O) groups is 1. The van der Waals surface area contributed by atoms with Crippen LogP contribution in [-0.2, 0) is 4.79 Å². The van der Waals surface area contributed by atoms with Crippen LogP contribution in [-0.4, -0.2) is 56.6 Å². The van der Waals surface area contributed by atoms with Gasteiger partial charge in [0, 0.05) is 26.1 Å². The Bertz CT molecular complexity index is 545. The number of ether oxygens (including phenoxy) is 2. The van der Waals surface area contributed by atoms with Crippen molar-refractivity contribution in [2.24, 2.45) is 5.92 Å². The van der Waals surface area contributed by atoms with Crippen LogP contribution in [0.15, 0.2) is 18.2 Å². The van der Waals surface area contributed by atoms with Crippen molar-refractivity contribution >= 4 is 5.91 Å². The quantitative estimate of drug-likeness (QED) is 0.836. The second kappa shape index (κ2) is 7.68. The van der Waals surface area contributed by atoms with E-state index in [1.54, 1.807) is 14.2 Å². The summed E-state index contributed by atoms with van der Waals surface area (Å²) in [5, 5.41) is 0. The van der Waals surface area contributed by atoms with Crippen LogP contribution in [0.25, 0.3) is 0 Å². The Balaban J connectivity index is 2.18. The second-order valence-electron chi connectivity index (χ2n) is 6.55. The van der Waals surface area contributed by atoms with Crippen LogP contribution in [0.3, 0.4) is 0 Å². The predicted octanol–water partition coefficient (Wildman–Crippen LogP) is 2.57. The fourth-order valence-electron chi connectivity index (χ4n) is 3.00. The van der Waals surface area contributed by atoms with E-state index >= 15 is 0 Å². The summed E-state index contributed by atoms with van der Waals surface area (Å²) >= 11 is 0. The summed E-state index contributed by atoms with van der Waals surface area (Å²) in [7, 11) is 5.38.